The minimum Gasteiger partial charge on any atom is -0.462 e. The first-order chi connectivity index (χ1) is 19.8. The average molecular weight is 605 g/mol. The second-order valence-corrected chi connectivity index (χ2v) is 16.3. The summed E-state index contributed by atoms with van der Waals surface area (Å²) >= 11 is 0. The van der Waals surface area contributed by atoms with Crippen molar-refractivity contribution in [1.82, 2.24) is 0 Å². The first-order valence-corrected chi connectivity index (χ1v) is 16.5. The molecule has 0 aromatic carbocycles. The van der Waals surface area contributed by atoms with Gasteiger partial charge in [0.25, 0.3) is 0 Å². The number of fused-ring (bicyclic) bond motifs is 7. The number of rotatable bonds is 3. The van der Waals surface area contributed by atoms with Crippen molar-refractivity contribution < 1.29 is 43.2 Å². The van der Waals surface area contributed by atoms with E-state index in [-0.39, 0.29) is 70.5 Å². The third kappa shape index (κ3) is 4.52. The lowest BCUT2D eigenvalue weighted by Gasteiger charge is -2.63. The van der Waals surface area contributed by atoms with Crippen molar-refractivity contribution in [1.29, 1.82) is 0 Å². The molecule has 242 valence electrons. The van der Waals surface area contributed by atoms with Crippen LogP contribution in [-0.2, 0) is 38.1 Å². The zero-order valence-corrected chi connectivity index (χ0v) is 27.4. The van der Waals surface area contributed by atoms with Gasteiger partial charge in [-0.15, -0.1) is 0 Å². The topological polar surface area (TPSA) is 118 Å². The van der Waals surface area contributed by atoms with E-state index >= 15 is 0 Å². The van der Waals surface area contributed by atoms with Gasteiger partial charge in [0.1, 0.15) is 23.9 Å². The summed E-state index contributed by atoms with van der Waals surface area (Å²) in [5, 5.41) is 12.4. The molecule has 14 atom stereocenters. The summed E-state index contributed by atoms with van der Waals surface area (Å²) in [6, 6.07) is 0. The van der Waals surface area contributed by atoms with Crippen molar-refractivity contribution in [3.8, 4) is 0 Å². The van der Waals surface area contributed by atoms with Crippen LogP contribution in [0.4, 0.5) is 0 Å². The molecule has 0 unspecified atom stereocenters. The lowest BCUT2D eigenvalue weighted by molar-refractivity contribution is -0.301. The Morgan fingerprint density at radius 2 is 1.35 bits per heavy atom. The Hall–Kier alpha value is -1.71. The summed E-state index contributed by atoms with van der Waals surface area (Å²) in [4.78, 5) is 36.8. The Balaban J connectivity index is 1.36. The molecule has 9 nitrogen and oxygen atoms in total. The van der Waals surface area contributed by atoms with Gasteiger partial charge in [0.2, 0.25) is 0 Å². The minimum absolute atomic E-state index is 0.0454. The van der Waals surface area contributed by atoms with Gasteiger partial charge in [-0.3, -0.25) is 14.4 Å². The molecule has 6 fully saturated rings. The lowest BCUT2D eigenvalue weighted by Crippen LogP contribution is -2.64. The van der Waals surface area contributed by atoms with Crippen molar-refractivity contribution in [2.75, 3.05) is 0 Å². The van der Waals surface area contributed by atoms with Gasteiger partial charge in [0, 0.05) is 39.0 Å². The molecular weight excluding hydrogens is 552 g/mol. The molecule has 2 heterocycles. The van der Waals surface area contributed by atoms with Gasteiger partial charge in [0.05, 0.1) is 11.7 Å². The minimum atomic E-state index is -1.21. The second kappa shape index (κ2) is 9.89. The SMILES string of the molecule is CC(=O)O[C@H]1C[C@@]2(C)[C@@H](C[C@@H]3O[C@@]4(C[C@H](C)C(C)(C)O4)[C@](C)(O)[C@@H]32)[C@@H]2CC[C@H]3C[C@H](OC(C)=O)[C@H](OC(C)=O)C[C@]3(C)[C@H]21. The van der Waals surface area contributed by atoms with Crippen LogP contribution in [0.1, 0.15) is 107 Å². The van der Waals surface area contributed by atoms with Gasteiger partial charge in [-0.1, -0.05) is 20.8 Å². The molecule has 0 aromatic heterocycles. The summed E-state index contributed by atoms with van der Waals surface area (Å²) in [6.45, 7) is 17.0. The Labute approximate surface area is 256 Å². The Kier molecular flexibility index (Phi) is 7.20. The number of aliphatic hydroxyl groups is 1. The first kappa shape index (κ1) is 31.3. The molecule has 4 aliphatic carbocycles. The highest BCUT2D eigenvalue weighted by molar-refractivity contribution is 5.67. The molecule has 2 aliphatic heterocycles. The summed E-state index contributed by atoms with van der Waals surface area (Å²) in [5.41, 5.74) is -2.24. The van der Waals surface area contributed by atoms with E-state index in [1.807, 2.05) is 6.92 Å². The van der Waals surface area contributed by atoms with Crippen LogP contribution in [0.5, 0.6) is 0 Å². The first-order valence-electron chi connectivity index (χ1n) is 16.5. The van der Waals surface area contributed by atoms with Crippen LogP contribution in [0.15, 0.2) is 0 Å². The molecule has 0 bridgehead atoms. The summed E-state index contributed by atoms with van der Waals surface area (Å²) in [6.07, 6.45) is 3.62. The molecule has 0 aromatic rings. The number of ether oxygens (including phenoxy) is 5. The fourth-order valence-corrected chi connectivity index (χ4v) is 11.6. The van der Waals surface area contributed by atoms with Crippen molar-refractivity contribution >= 4 is 17.9 Å². The third-order valence-corrected chi connectivity index (χ3v) is 13.4. The normalized spacial score (nSPS) is 52.9. The molecule has 6 aliphatic rings. The highest BCUT2D eigenvalue weighted by Crippen LogP contribution is 2.73. The molecule has 43 heavy (non-hydrogen) atoms. The number of hydrogen-bond donors (Lipinski definition) is 1. The molecule has 2 saturated heterocycles. The van der Waals surface area contributed by atoms with Crippen LogP contribution in [0.2, 0.25) is 0 Å². The van der Waals surface area contributed by atoms with E-state index in [0.29, 0.717) is 25.7 Å². The van der Waals surface area contributed by atoms with Crippen molar-refractivity contribution in [2.24, 2.45) is 46.3 Å². The molecule has 9 heteroatoms. The van der Waals surface area contributed by atoms with Gasteiger partial charge < -0.3 is 28.8 Å². The molecular formula is C34H52O9. The largest absolute Gasteiger partial charge is 0.462 e. The fraction of sp³-hybridized carbons (Fsp3) is 0.912. The summed E-state index contributed by atoms with van der Waals surface area (Å²) in [7, 11) is 0. The van der Waals surface area contributed by atoms with Crippen molar-refractivity contribution in [2.45, 2.75) is 149 Å². The Bertz CT molecular complexity index is 1180. The van der Waals surface area contributed by atoms with Crippen LogP contribution in [-0.4, -0.2) is 64.4 Å². The Morgan fingerprint density at radius 3 is 1.93 bits per heavy atom. The van der Waals surface area contributed by atoms with Crippen LogP contribution in [0, 0.1) is 46.3 Å². The van der Waals surface area contributed by atoms with Crippen LogP contribution < -0.4 is 0 Å². The summed E-state index contributed by atoms with van der Waals surface area (Å²) < 4.78 is 31.2. The standard InChI is InChI=1S/C34H52O9/c1-17-14-34(43-30(17,5)6)33(9,38)29-25(42-34)13-23-22-11-10-21-12-24(39-18(2)35)26(40-19(3)36)15-31(21,7)28(22)27(41-20(4)37)16-32(23,29)8/h17,21-29,38H,10-16H2,1-9H3/t17-,21-,22-,23-,24-,25-,26+,27-,28+,29-,31-,32-,33+,34+/m0/s1. The van der Waals surface area contributed by atoms with Gasteiger partial charge in [-0.25, -0.2) is 0 Å². The smallest absolute Gasteiger partial charge is 0.303 e. The number of hydrogen-bond acceptors (Lipinski definition) is 9. The van der Waals surface area contributed by atoms with E-state index in [2.05, 4.69) is 34.6 Å². The van der Waals surface area contributed by atoms with Gasteiger partial charge in [-0.05, 0) is 93.8 Å². The maximum absolute atomic E-state index is 12.7. The zero-order valence-electron chi connectivity index (χ0n) is 27.4. The maximum Gasteiger partial charge on any atom is 0.303 e. The van der Waals surface area contributed by atoms with Gasteiger partial charge in [-0.2, -0.15) is 0 Å². The molecule has 4 saturated carbocycles. The predicted octanol–water partition coefficient (Wildman–Crippen LogP) is 4.95. The molecule has 0 amide bonds. The van der Waals surface area contributed by atoms with Crippen molar-refractivity contribution in [3.63, 3.8) is 0 Å². The van der Waals surface area contributed by atoms with Gasteiger partial charge >= 0.3 is 17.9 Å². The second-order valence-electron chi connectivity index (χ2n) is 16.3. The maximum atomic E-state index is 12.7. The van der Waals surface area contributed by atoms with Crippen molar-refractivity contribution in [3.05, 3.63) is 0 Å². The van der Waals surface area contributed by atoms with Crippen LogP contribution in [0.25, 0.3) is 0 Å². The number of carbonyl (C=O) groups excluding carboxylic acids is 3. The third-order valence-electron chi connectivity index (χ3n) is 13.4. The Morgan fingerprint density at radius 1 is 0.767 bits per heavy atom. The van der Waals surface area contributed by atoms with E-state index in [0.717, 1.165) is 19.3 Å². The van der Waals surface area contributed by atoms with E-state index in [9.17, 15) is 19.5 Å². The van der Waals surface area contributed by atoms with Gasteiger partial charge in [0.15, 0.2) is 5.79 Å². The lowest BCUT2D eigenvalue weighted by atomic mass is 9.43. The number of esters is 3. The number of carbonyl (C=O) groups is 3. The van der Waals surface area contributed by atoms with Crippen LogP contribution >= 0.6 is 0 Å². The zero-order chi connectivity index (χ0) is 31.5. The highest BCUT2D eigenvalue weighted by Gasteiger charge is 2.77. The molecule has 1 spiro atoms. The predicted molar refractivity (Wildman–Crippen MR) is 155 cm³/mol. The van der Waals surface area contributed by atoms with E-state index in [4.69, 9.17) is 23.7 Å². The quantitative estimate of drug-likeness (QED) is 0.353. The van der Waals surface area contributed by atoms with E-state index in [1.165, 1.54) is 20.8 Å². The van der Waals surface area contributed by atoms with E-state index in [1.54, 1.807) is 0 Å². The molecule has 6 rings (SSSR count). The average Bonchev–Trinajstić information content (AvgIpc) is 3.35. The molecule has 0 radical (unpaired) electrons. The monoisotopic (exact) mass is 604 g/mol. The highest BCUT2D eigenvalue weighted by atomic mass is 16.7. The van der Waals surface area contributed by atoms with Crippen LogP contribution in [0.3, 0.4) is 0 Å². The fourth-order valence-electron chi connectivity index (χ4n) is 11.6. The summed E-state index contributed by atoms with van der Waals surface area (Å²) in [5.74, 6) is -1.28. The van der Waals surface area contributed by atoms with E-state index < -0.39 is 35.2 Å². The molecule has 1 N–H and O–H groups in total.